The Morgan fingerprint density at radius 2 is 1.89 bits per heavy atom. The number of benzene rings is 2. The molecule has 7 heteroatoms. The minimum absolute atomic E-state index is 0.00999. The van der Waals surface area contributed by atoms with Crippen LogP contribution in [0.5, 0.6) is 5.75 Å². The summed E-state index contributed by atoms with van der Waals surface area (Å²) >= 11 is 0. The number of amides is 2. The highest BCUT2D eigenvalue weighted by Gasteiger charge is 2.23. The topological polar surface area (TPSA) is 49.9 Å². The van der Waals surface area contributed by atoms with Gasteiger partial charge in [-0.2, -0.15) is 8.78 Å². The van der Waals surface area contributed by atoms with Crippen molar-refractivity contribution in [3.05, 3.63) is 59.2 Å². The molecule has 27 heavy (non-hydrogen) atoms. The van der Waals surface area contributed by atoms with Crippen LogP contribution in [0.25, 0.3) is 0 Å². The molecular formula is C20H20F2N2O3. The van der Waals surface area contributed by atoms with Crippen molar-refractivity contribution < 1.29 is 23.1 Å². The highest BCUT2D eigenvalue weighted by Crippen LogP contribution is 2.29. The Bertz CT molecular complexity index is 853. The van der Waals surface area contributed by atoms with Crippen LogP contribution in [0.1, 0.15) is 28.4 Å². The van der Waals surface area contributed by atoms with E-state index in [1.54, 1.807) is 41.1 Å². The lowest BCUT2D eigenvalue weighted by atomic mass is 10.1. The van der Waals surface area contributed by atoms with Gasteiger partial charge < -0.3 is 14.5 Å². The largest absolute Gasteiger partial charge is 0.435 e. The molecule has 3 rings (SSSR count). The fourth-order valence-corrected chi connectivity index (χ4v) is 3.20. The fourth-order valence-electron chi connectivity index (χ4n) is 3.20. The molecule has 0 radical (unpaired) electrons. The van der Waals surface area contributed by atoms with Crippen molar-refractivity contribution in [1.82, 2.24) is 4.90 Å². The molecule has 2 amide bonds. The summed E-state index contributed by atoms with van der Waals surface area (Å²) in [5, 5.41) is 0. The molecule has 0 saturated carbocycles. The average Bonchev–Trinajstić information content (AvgIpc) is 3.05. The maximum absolute atomic E-state index is 12.7. The molecule has 0 aliphatic carbocycles. The first-order valence-corrected chi connectivity index (χ1v) is 8.55. The Morgan fingerprint density at radius 1 is 1.19 bits per heavy atom. The highest BCUT2D eigenvalue weighted by molar-refractivity contribution is 5.97. The van der Waals surface area contributed by atoms with E-state index in [4.69, 9.17) is 0 Å². The van der Waals surface area contributed by atoms with Gasteiger partial charge in [-0.3, -0.25) is 9.59 Å². The number of fused-ring (bicyclic) bond motifs is 1. The van der Waals surface area contributed by atoms with Gasteiger partial charge in [0.1, 0.15) is 5.75 Å². The van der Waals surface area contributed by atoms with Crippen molar-refractivity contribution in [2.24, 2.45) is 0 Å². The molecular weight excluding hydrogens is 354 g/mol. The standard InChI is InChI=1S/C20H20F2N2O3/c1-13(25)24-10-9-15-11-16(5-8-18(15)24)19(26)23(2)12-14-3-6-17(7-4-14)27-20(21)22/h3-8,11,20H,9-10,12H2,1-2H3. The second kappa shape index (κ2) is 7.73. The molecule has 142 valence electrons. The van der Waals surface area contributed by atoms with Gasteiger partial charge in [0.25, 0.3) is 5.91 Å². The summed E-state index contributed by atoms with van der Waals surface area (Å²) in [6, 6.07) is 11.6. The van der Waals surface area contributed by atoms with Gasteiger partial charge in [0.15, 0.2) is 0 Å². The van der Waals surface area contributed by atoms with E-state index in [1.165, 1.54) is 19.1 Å². The molecule has 1 aliphatic rings. The van der Waals surface area contributed by atoms with Crippen LogP contribution >= 0.6 is 0 Å². The zero-order chi connectivity index (χ0) is 19.6. The first kappa shape index (κ1) is 18.8. The van der Waals surface area contributed by atoms with Crippen molar-refractivity contribution in [3.8, 4) is 5.75 Å². The van der Waals surface area contributed by atoms with Crippen LogP contribution in [0, 0.1) is 0 Å². The SMILES string of the molecule is CC(=O)N1CCc2cc(C(=O)N(C)Cc3ccc(OC(F)F)cc3)ccc21. The first-order chi connectivity index (χ1) is 12.8. The van der Waals surface area contributed by atoms with Gasteiger partial charge in [-0.15, -0.1) is 0 Å². The minimum atomic E-state index is -2.86. The summed E-state index contributed by atoms with van der Waals surface area (Å²) in [6.45, 7) is -0.367. The van der Waals surface area contributed by atoms with E-state index in [0.717, 1.165) is 23.2 Å². The van der Waals surface area contributed by atoms with E-state index in [-0.39, 0.29) is 17.6 Å². The second-order valence-corrected chi connectivity index (χ2v) is 6.45. The quantitative estimate of drug-likeness (QED) is 0.805. The van der Waals surface area contributed by atoms with Crippen LogP contribution in [0.3, 0.4) is 0 Å². The highest BCUT2D eigenvalue weighted by atomic mass is 19.3. The summed E-state index contributed by atoms with van der Waals surface area (Å²) in [5.74, 6) is -0.0763. The molecule has 0 spiro atoms. The van der Waals surface area contributed by atoms with Crippen LogP contribution in [0.4, 0.5) is 14.5 Å². The van der Waals surface area contributed by atoms with Gasteiger partial charge in [-0.1, -0.05) is 12.1 Å². The van der Waals surface area contributed by atoms with Crippen LogP contribution in [-0.2, 0) is 17.8 Å². The molecule has 0 atom stereocenters. The predicted octanol–water partition coefficient (Wildman–Crippen LogP) is 3.47. The monoisotopic (exact) mass is 374 g/mol. The Labute approximate surface area is 156 Å². The van der Waals surface area contributed by atoms with Crippen LogP contribution < -0.4 is 9.64 Å². The smallest absolute Gasteiger partial charge is 0.387 e. The third kappa shape index (κ3) is 4.24. The maximum atomic E-state index is 12.7. The molecule has 1 aliphatic heterocycles. The number of alkyl halides is 2. The molecule has 0 aromatic heterocycles. The molecule has 1 heterocycles. The zero-order valence-corrected chi connectivity index (χ0v) is 15.1. The van der Waals surface area contributed by atoms with E-state index < -0.39 is 6.61 Å². The number of anilines is 1. The number of ether oxygens (including phenoxy) is 1. The molecule has 0 N–H and O–H groups in total. The summed E-state index contributed by atoms with van der Waals surface area (Å²) in [4.78, 5) is 27.6. The van der Waals surface area contributed by atoms with E-state index in [2.05, 4.69) is 4.74 Å². The van der Waals surface area contributed by atoms with Crippen molar-refractivity contribution in [3.63, 3.8) is 0 Å². The van der Waals surface area contributed by atoms with Crippen LogP contribution in [0.15, 0.2) is 42.5 Å². The number of hydrogen-bond acceptors (Lipinski definition) is 3. The molecule has 0 bridgehead atoms. The third-order valence-corrected chi connectivity index (χ3v) is 4.52. The maximum Gasteiger partial charge on any atom is 0.387 e. The number of hydrogen-bond donors (Lipinski definition) is 0. The van der Waals surface area contributed by atoms with Crippen molar-refractivity contribution >= 4 is 17.5 Å². The predicted molar refractivity (Wildman–Crippen MR) is 97.0 cm³/mol. The Kier molecular flexibility index (Phi) is 5.39. The van der Waals surface area contributed by atoms with Gasteiger partial charge in [0, 0.05) is 38.3 Å². The van der Waals surface area contributed by atoms with Gasteiger partial charge in [-0.05, 0) is 47.9 Å². The number of halogens is 2. The third-order valence-electron chi connectivity index (χ3n) is 4.52. The van der Waals surface area contributed by atoms with E-state index in [1.807, 2.05) is 6.07 Å². The van der Waals surface area contributed by atoms with Gasteiger partial charge >= 0.3 is 6.61 Å². The molecule has 0 saturated heterocycles. The zero-order valence-electron chi connectivity index (χ0n) is 15.1. The van der Waals surface area contributed by atoms with Crippen molar-refractivity contribution in [2.75, 3.05) is 18.5 Å². The van der Waals surface area contributed by atoms with Gasteiger partial charge in [-0.25, -0.2) is 0 Å². The minimum Gasteiger partial charge on any atom is -0.435 e. The molecule has 5 nitrogen and oxygen atoms in total. The van der Waals surface area contributed by atoms with E-state index in [9.17, 15) is 18.4 Å². The molecule has 0 unspecified atom stereocenters. The van der Waals surface area contributed by atoms with Crippen molar-refractivity contribution in [1.29, 1.82) is 0 Å². The van der Waals surface area contributed by atoms with E-state index in [0.29, 0.717) is 18.7 Å². The van der Waals surface area contributed by atoms with Gasteiger partial charge in [0.2, 0.25) is 5.91 Å². The summed E-state index contributed by atoms with van der Waals surface area (Å²) in [7, 11) is 1.68. The van der Waals surface area contributed by atoms with Crippen LogP contribution in [-0.4, -0.2) is 36.9 Å². The summed E-state index contributed by atoms with van der Waals surface area (Å²) < 4.78 is 28.7. The molecule has 2 aromatic rings. The van der Waals surface area contributed by atoms with E-state index >= 15 is 0 Å². The lowest BCUT2D eigenvalue weighted by Crippen LogP contribution is -2.27. The fraction of sp³-hybridized carbons (Fsp3) is 0.300. The first-order valence-electron chi connectivity index (χ1n) is 8.55. The number of carbonyl (C=O) groups excluding carboxylic acids is 2. The number of rotatable bonds is 5. The van der Waals surface area contributed by atoms with Crippen molar-refractivity contribution in [2.45, 2.75) is 26.5 Å². The average molecular weight is 374 g/mol. The normalized spacial score (nSPS) is 12.9. The lowest BCUT2D eigenvalue weighted by Gasteiger charge is -2.19. The number of nitrogens with zero attached hydrogens (tertiary/aromatic N) is 2. The summed E-state index contributed by atoms with van der Waals surface area (Å²) in [5.41, 5.74) is 3.20. The summed E-state index contributed by atoms with van der Waals surface area (Å²) in [6.07, 6.45) is 0.728. The Morgan fingerprint density at radius 3 is 2.52 bits per heavy atom. The Balaban J connectivity index is 1.68. The van der Waals surface area contributed by atoms with Gasteiger partial charge in [0.05, 0.1) is 0 Å². The Hall–Kier alpha value is -2.96. The van der Waals surface area contributed by atoms with Crippen LogP contribution in [0.2, 0.25) is 0 Å². The molecule has 0 fully saturated rings. The second-order valence-electron chi connectivity index (χ2n) is 6.45. The molecule has 2 aromatic carbocycles. The number of carbonyl (C=O) groups is 2. The lowest BCUT2D eigenvalue weighted by molar-refractivity contribution is -0.116.